The van der Waals surface area contributed by atoms with Gasteiger partial charge in [-0.1, -0.05) is 0 Å². The normalized spacial score (nSPS) is 16.6. The van der Waals surface area contributed by atoms with Crippen LogP contribution in [-0.4, -0.2) is 30.6 Å². The summed E-state index contributed by atoms with van der Waals surface area (Å²) in [5.74, 6) is 0.548. The fourth-order valence-electron chi connectivity index (χ4n) is 2.82. The Morgan fingerprint density at radius 2 is 2.08 bits per heavy atom. The van der Waals surface area contributed by atoms with Crippen LogP contribution in [0.5, 0.6) is 0 Å². The Labute approximate surface area is 148 Å². The van der Waals surface area contributed by atoms with Gasteiger partial charge in [0.1, 0.15) is 24.1 Å². The predicted molar refractivity (Wildman–Crippen MR) is 91.6 cm³/mol. The molecule has 26 heavy (non-hydrogen) atoms. The number of rotatable bonds is 6. The van der Waals surface area contributed by atoms with Gasteiger partial charge in [-0.3, -0.25) is 10.3 Å². The standard InChI is InChI=1S/C17H19FN6O2/c1-9-12(15(25)21-6-10-5-20-11(18)7-19-10)13-14(24-17(2)3-4-17)22-8-23-16(13)26-9/h5,7-8,15,21,25H,3-4,6H2,1-2H3,(H,22,23,24). The number of aryl methyl sites for hydroxylation is 1. The summed E-state index contributed by atoms with van der Waals surface area (Å²) in [6.07, 6.45) is 4.90. The zero-order valence-corrected chi connectivity index (χ0v) is 14.5. The average molecular weight is 358 g/mol. The van der Waals surface area contributed by atoms with Crippen molar-refractivity contribution < 1.29 is 13.9 Å². The Hall–Kier alpha value is -2.65. The van der Waals surface area contributed by atoms with E-state index in [9.17, 15) is 9.50 Å². The minimum absolute atomic E-state index is 0.0197. The average Bonchev–Trinajstić information content (AvgIpc) is 3.23. The van der Waals surface area contributed by atoms with E-state index in [1.807, 2.05) is 0 Å². The van der Waals surface area contributed by atoms with Gasteiger partial charge >= 0.3 is 0 Å². The van der Waals surface area contributed by atoms with Crippen molar-refractivity contribution in [3.05, 3.63) is 41.7 Å². The van der Waals surface area contributed by atoms with Crippen molar-refractivity contribution in [3.8, 4) is 0 Å². The summed E-state index contributed by atoms with van der Waals surface area (Å²) in [4.78, 5) is 16.0. The van der Waals surface area contributed by atoms with Crippen LogP contribution in [0.1, 0.15) is 43.0 Å². The number of nitrogens with one attached hydrogen (secondary N) is 2. The lowest BCUT2D eigenvalue weighted by Crippen LogP contribution is -2.22. The van der Waals surface area contributed by atoms with E-state index in [1.165, 1.54) is 12.5 Å². The molecule has 8 nitrogen and oxygen atoms in total. The van der Waals surface area contributed by atoms with Crippen LogP contribution in [0.15, 0.2) is 23.1 Å². The molecule has 1 aliphatic carbocycles. The molecule has 0 amide bonds. The Morgan fingerprint density at radius 3 is 2.77 bits per heavy atom. The fourth-order valence-corrected chi connectivity index (χ4v) is 2.82. The molecular weight excluding hydrogens is 339 g/mol. The molecule has 3 heterocycles. The van der Waals surface area contributed by atoms with Gasteiger partial charge < -0.3 is 14.8 Å². The van der Waals surface area contributed by atoms with Crippen LogP contribution in [-0.2, 0) is 6.54 Å². The SMILES string of the molecule is Cc1oc2ncnc(NC3(C)CC3)c2c1C(O)NCc1cnc(F)cn1. The Kier molecular flexibility index (Phi) is 4.04. The maximum absolute atomic E-state index is 12.8. The van der Waals surface area contributed by atoms with Crippen molar-refractivity contribution in [2.24, 2.45) is 0 Å². The highest BCUT2D eigenvalue weighted by Crippen LogP contribution is 2.41. The molecule has 1 aliphatic rings. The molecule has 9 heteroatoms. The van der Waals surface area contributed by atoms with E-state index in [1.54, 1.807) is 6.92 Å². The van der Waals surface area contributed by atoms with Gasteiger partial charge in [-0.15, -0.1) is 0 Å². The number of aromatic nitrogens is 4. The van der Waals surface area contributed by atoms with Crippen LogP contribution in [0.3, 0.4) is 0 Å². The van der Waals surface area contributed by atoms with Gasteiger partial charge in [0.05, 0.1) is 23.5 Å². The molecule has 0 bridgehead atoms. The monoisotopic (exact) mass is 358 g/mol. The first kappa shape index (κ1) is 16.8. The summed E-state index contributed by atoms with van der Waals surface area (Å²) in [5.41, 5.74) is 1.52. The molecule has 0 radical (unpaired) electrons. The molecule has 0 saturated heterocycles. The molecular formula is C17H19FN6O2. The van der Waals surface area contributed by atoms with Gasteiger partial charge in [0.25, 0.3) is 0 Å². The minimum Gasteiger partial charge on any atom is -0.442 e. The van der Waals surface area contributed by atoms with Gasteiger partial charge in [0.15, 0.2) is 0 Å². The van der Waals surface area contributed by atoms with E-state index in [2.05, 4.69) is 37.5 Å². The van der Waals surface area contributed by atoms with Gasteiger partial charge in [-0.2, -0.15) is 4.39 Å². The third kappa shape index (κ3) is 3.23. The summed E-state index contributed by atoms with van der Waals surface area (Å²) < 4.78 is 18.5. The number of aliphatic hydroxyl groups excluding tert-OH is 1. The van der Waals surface area contributed by atoms with E-state index >= 15 is 0 Å². The number of fused-ring (bicyclic) bond motifs is 1. The lowest BCUT2D eigenvalue weighted by molar-refractivity contribution is 0.136. The molecule has 0 aliphatic heterocycles. The third-order valence-corrected chi connectivity index (χ3v) is 4.55. The van der Waals surface area contributed by atoms with E-state index in [4.69, 9.17) is 4.42 Å². The van der Waals surface area contributed by atoms with Crippen LogP contribution in [0.4, 0.5) is 10.2 Å². The Balaban J connectivity index is 1.62. The van der Waals surface area contributed by atoms with Crippen molar-refractivity contribution in [2.45, 2.75) is 45.0 Å². The smallest absolute Gasteiger partial charge is 0.231 e. The first-order chi connectivity index (χ1) is 12.5. The highest BCUT2D eigenvalue weighted by molar-refractivity contribution is 5.90. The van der Waals surface area contributed by atoms with E-state index in [0.29, 0.717) is 33.9 Å². The van der Waals surface area contributed by atoms with Gasteiger partial charge in [-0.25, -0.2) is 15.0 Å². The van der Waals surface area contributed by atoms with Crippen LogP contribution < -0.4 is 10.6 Å². The predicted octanol–water partition coefficient (Wildman–Crippen LogP) is 2.21. The van der Waals surface area contributed by atoms with Crippen molar-refractivity contribution in [1.29, 1.82) is 0 Å². The first-order valence-electron chi connectivity index (χ1n) is 8.35. The molecule has 1 atom stereocenters. The lowest BCUT2D eigenvalue weighted by atomic mass is 10.1. The Morgan fingerprint density at radius 1 is 1.27 bits per heavy atom. The van der Waals surface area contributed by atoms with Gasteiger partial charge in [-0.05, 0) is 26.7 Å². The highest BCUT2D eigenvalue weighted by atomic mass is 19.1. The summed E-state index contributed by atoms with van der Waals surface area (Å²) in [6.45, 7) is 4.10. The van der Waals surface area contributed by atoms with E-state index < -0.39 is 12.2 Å². The van der Waals surface area contributed by atoms with Crippen molar-refractivity contribution in [2.75, 3.05) is 5.32 Å². The molecule has 0 spiro atoms. The highest BCUT2D eigenvalue weighted by Gasteiger charge is 2.38. The topological polar surface area (TPSA) is 109 Å². The number of hydrogen-bond acceptors (Lipinski definition) is 8. The number of nitrogens with zero attached hydrogens (tertiary/aromatic N) is 4. The zero-order chi connectivity index (χ0) is 18.3. The van der Waals surface area contributed by atoms with Crippen LogP contribution >= 0.6 is 0 Å². The second-order valence-corrected chi connectivity index (χ2v) is 6.77. The molecule has 3 N–H and O–H groups in total. The summed E-state index contributed by atoms with van der Waals surface area (Å²) in [5, 5.41) is 17.7. The number of hydrogen-bond donors (Lipinski definition) is 3. The molecule has 1 fully saturated rings. The largest absolute Gasteiger partial charge is 0.442 e. The van der Waals surface area contributed by atoms with E-state index in [0.717, 1.165) is 19.0 Å². The van der Waals surface area contributed by atoms with E-state index in [-0.39, 0.29) is 12.1 Å². The molecule has 1 saturated carbocycles. The van der Waals surface area contributed by atoms with Crippen LogP contribution in [0.25, 0.3) is 11.1 Å². The Bertz CT molecular complexity index is 938. The number of anilines is 1. The second-order valence-electron chi connectivity index (χ2n) is 6.77. The molecule has 1 unspecified atom stereocenters. The molecule has 136 valence electrons. The zero-order valence-electron chi connectivity index (χ0n) is 14.5. The first-order valence-corrected chi connectivity index (χ1v) is 8.35. The second kappa shape index (κ2) is 6.26. The quantitative estimate of drug-likeness (QED) is 0.576. The lowest BCUT2D eigenvalue weighted by Gasteiger charge is -2.16. The van der Waals surface area contributed by atoms with Crippen molar-refractivity contribution in [1.82, 2.24) is 25.3 Å². The minimum atomic E-state index is -1.03. The molecule has 0 aromatic carbocycles. The van der Waals surface area contributed by atoms with Crippen LogP contribution in [0, 0.1) is 12.9 Å². The molecule has 3 aromatic heterocycles. The van der Waals surface area contributed by atoms with Crippen LogP contribution in [0.2, 0.25) is 0 Å². The summed E-state index contributed by atoms with van der Waals surface area (Å²) in [7, 11) is 0. The van der Waals surface area contributed by atoms with Gasteiger partial charge in [0, 0.05) is 17.6 Å². The third-order valence-electron chi connectivity index (χ3n) is 4.55. The molecule has 4 rings (SSSR count). The summed E-state index contributed by atoms with van der Waals surface area (Å²) in [6, 6.07) is 0. The molecule has 3 aromatic rings. The maximum Gasteiger partial charge on any atom is 0.231 e. The number of furan rings is 1. The number of halogens is 1. The van der Waals surface area contributed by atoms with Crippen molar-refractivity contribution in [3.63, 3.8) is 0 Å². The fraction of sp³-hybridized carbons (Fsp3) is 0.412. The number of aliphatic hydroxyl groups is 1. The van der Waals surface area contributed by atoms with Crippen molar-refractivity contribution >= 4 is 16.9 Å². The van der Waals surface area contributed by atoms with Gasteiger partial charge in [0.2, 0.25) is 11.7 Å². The maximum atomic E-state index is 12.8. The summed E-state index contributed by atoms with van der Waals surface area (Å²) >= 11 is 0.